The molecule has 2 aliphatic rings. The molecule has 3 N–H and O–H groups in total. The monoisotopic (exact) mass is 288 g/mol. The first-order valence-electron chi connectivity index (χ1n) is 8.48. The van der Waals surface area contributed by atoms with Gasteiger partial charge in [0.1, 0.15) is 0 Å². The Kier molecular flexibility index (Phi) is 5.28. The highest BCUT2D eigenvalue weighted by Crippen LogP contribution is 2.33. The molecule has 2 fully saturated rings. The van der Waals surface area contributed by atoms with Crippen molar-refractivity contribution < 1.29 is 4.74 Å². The molecule has 0 aromatic heterocycles. The molecule has 3 heteroatoms. The van der Waals surface area contributed by atoms with Gasteiger partial charge in [0.2, 0.25) is 0 Å². The summed E-state index contributed by atoms with van der Waals surface area (Å²) in [7, 11) is 0. The lowest BCUT2D eigenvalue weighted by Crippen LogP contribution is -2.52. The fraction of sp³-hybridized carbons (Fsp3) is 0.667. The van der Waals surface area contributed by atoms with E-state index in [1.165, 1.54) is 37.7 Å². The lowest BCUT2D eigenvalue weighted by Gasteiger charge is -2.33. The molecule has 21 heavy (non-hydrogen) atoms. The van der Waals surface area contributed by atoms with Gasteiger partial charge in [-0.2, -0.15) is 0 Å². The third-order valence-corrected chi connectivity index (χ3v) is 5.09. The third-order valence-electron chi connectivity index (χ3n) is 5.09. The summed E-state index contributed by atoms with van der Waals surface area (Å²) >= 11 is 0. The van der Waals surface area contributed by atoms with Crippen molar-refractivity contribution >= 4 is 0 Å². The summed E-state index contributed by atoms with van der Waals surface area (Å²) in [6, 6.07) is 11.5. The Morgan fingerprint density at radius 3 is 2.52 bits per heavy atom. The van der Waals surface area contributed by atoms with Gasteiger partial charge in [-0.25, -0.2) is 0 Å². The predicted octanol–water partition coefficient (Wildman–Crippen LogP) is 2.81. The molecule has 0 unspecified atom stereocenters. The van der Waals surface area contributed by atoms with Crippen molar-refractivity contribution in [2.45, 2.75) is 62.6 Å². The van der Waals surface area contributed by atoms with Crippen LogP contribution in [0.2, 0.25) is 0 Å². The van der Waals surface area contributed by atoms with Crippen molar-refractivity contribution in [2.75, 3.05) is 13.2 Å². The molecule has 2 atom stereocenters. The zero-order valence-electron chi connectivity index (χ0n) is 12.8. The molecule has 1 saturated carbocycles. The molecule has 0 bridgehead atoms. The van der Waals surface area contributed by atoms with Crippen LogP contribution in [-0.4, -0.2) is 31.3 Å². The molecule has 0 spiro atoms. The van der Waals surface area contributed by atoms with Crippen molar-refractivity contribution in [1.82, 2.24) is 5.32 Å². The summed E-state index contributed by atoms with van der Waals surface area (Å²) < 4.78 is 6.13. The molecule has 1 aromatic rings. The van der Waals surface area contributed by atoms with Gasteiger partial charge in [0.05, 0.1) is 12.7 Å². The third kappa shape index (κ3) is 4.06. The summed E-state index contributed by atoms with van der Waals surface area (Å²) in [5.41, 5.74) is 7.64. The topological polar surface area (TPSA) is 47.3 Å². The lowest BCUT2D eigenvalue weighted by atomic mass is 9.83. The molecule has 1 aromatic carbocycles. The van der Waals surface area contributed by atoms with Gasteiger partial charge >= 0.3 is 0 Å². The number of hydrogen-bond acceptors (Lipinski definition) is 3. The number of nitrogens with two attached hydrogens (primary N) is 1. The maximum atomic E-state index is 6.15. The van der Waals surface area contributed by atoms with Crippen LogP contribution in [0.3, 0.4) is 0 Å². The first-order valence-corrected chi connectivity index (χ1v) is 8.48. The van der Waals surface area contributed by atoms with E-state index in [1.54, 1.807) is 0 Å². The van der Waals surface area contributed by atoms with E-state index in [4.69, 9.17) is 10.5 Å². The van der Waals surface area contributed by atoms with Crippen LogP contribution in [0, 0.1) is 0 Å². The standard InChI is InChI=1S/C18H28N2O/c19-17-7-4-12-20-18(17)13-21-16-10-8-15(9-11-16)14-5-2-1-3-6-14/h1-3,5-6,15-18,20H,4,7-13,19H2/t15?,16?,17-,18-/m0/s1. The quantitative estimate of drug-likeness (QED) is 0.895. The van der Waals surface area contributed by atoms with Crippen molar-refractivity contribution in [1.29, 1.82) is 0 Å². The second kappa shape index (κ2) is 7.39. The van der Waals surface area contributed by atoms with Gasteiger partial charge in [-0.3, -0.25) is 0 Å². The molecule has 0 radical (unpaired) electrons. The molecular weight excluding hydrogens is 260 g/mol. The van der Waals surface area contributed by atoms with E-state index in [0.29, 0.717) is 12.1 Å². The summed E-state index contributed by atoms with van der Waals surface area (Å²) in [6.07, 6.45) is 7.61. The van der Waals surface area contributed by atoms with E-state index in [1.807, 2.05) is 0 Å². The highest BCUT2D eigenvalue weighted by Gasteiger charge is 2.26. The number of nitrogens with one attached hydrogen (secondary N) is 1. The van der Waals surface area contributed by atoms with E-state index in [9.17, 15) is 0 Å². The predicted molar refractivity (Wildman–Crippen MR) is 86.4 cm³/mol. The zero-order chi connectivity index (χ0) is 14.5. The van der Waals surface area contributed by atoms with Crippen LogP contribution >= 0.6 is 0 Å². The fourth-order valence-corrected chi connectivity index (χ4v) is 3.69. The largest absolute Gasteiger partial charge is 0.377 e. The van der Waals surface area contributed by atoms with Gasteiger partial charge in [-0.1, -0.05) is 30.3 Å². The van der Waals surface area contributed by atoms with E-state index >= 15 is 0 Å². The molecule has 3 nitrogen and oxygen atoms in total. The maximum Gasteiger partial charge on any atom is 0.0638 e. The Hall–Kier alpha value is -0.900. The van der Waals surface area contributed by atoms with E-state index < -0.39 is 0 Å². The van der Waals surface area contributed by atoms with E-state index in [0.717, 1.165) is 25.5 Å². The van der Waals surface area contributed by atoms with Gasteiger partial charge in [0.15, 0.2) is 0 Å². The average molecular weight is 288 g/mol. The van der Waals surface area contributed by atoms with Crippen LogP contribution in [0.25, 0.3) is 0 Å². The average Bonchev–Trinajstić information content (AvgIpc) is 2.55. The number of benzene rings is 1. The molecule has 1 aliphatic heterocycles. The fourth-order valence-electron chi connectivity index (χ4n) is 3.69. The van der Waals surface area contributed by atoms with Crippen molar-refractivity contribution in [2.24, 2.45) is 5.73 Å². The molecule has 3 rings (SSSR count). The van der Waals surface area contributed by atoms with Crippen LogP contribution in [-0.2, 0) is 4.74 Å². The number of ether oxygens (including phenoxy) is 1. The van der Waals surface area contributed by atoms with Crippen molar-refractivity contribution in [3.05, 3.63) is 35.9 Å². The lowest BCUT2D eigenvalue weighted by molar-refractivity contribution is 0.00620. The Balaban J connectivity index is 1.41. The van der Waals surface area contributed by atoms with Crippen LogP contribution < -0.4 is 11.1 Å². The first kappa shape index (κ1) is 15.0. The van der Waals surface area contributed by atoms with Crippen LogP contribution in [0.15, 0.2) is 30.3 Å². The van der Waals surface area contributed by atoms with E-state index in [-0.39, 0.29) is 6.04 Å². The van der Waals surface area contributed by atoms with E-state index in [2.05, 4.69) is 35.6 Å². The molecule has 116 valence electrons. The Bertz CT molecular complexity index is 414. The smallest absolute Gasteiger partial charge is 0.0638 e. The summed E-state index contributed by atoms with van der Waals surface area (Å²) in [6.45, 7) is 1.87. The van der Waals surface area contributed by atoms with Crippen LogP contribution in [0.1, 0.15) is 50.0 Å². The normalized spacial score (nSPS) is 33.8. The molecule has 1 saturated heterocycles. The maximum absolute atomic E-state index is 6.15. The Morgan fingerprint density at radius 1 is 1.05 bits per heavy atom. The molecular formula is C18H28N2O. The van der Waals surface area contributed by atoms with Crippen molar-refractivity contribution in [3.63, 3.8) is 0 Å². The highest BCUT2D eigenvalue weighted by atomic mass is 16.5. The van der Waals surface area contributed by atoms with Crippen LogP contribution in [0.5, 0.6) is 0 Å². The zero-order valence-corrected chi connectivity index (χ0v) is 12.8. The summed E-state index contributed by atoms with van der Waals surface area (Å²) in [4.78, 5) is 0. The SMILES string of the molecule is N[C@H]1CCCN[C@H]1COC1CCC(c2ccccc2)CC1. The minimum absolute atomic E-state index is 0.263. The Labute approximate surface area is 128 Å². The molecule has 1 heterocycles. The van der Waals surface area contributed by atoms with Gasteiger partial charge in [0, 0.05) is 12.1 Å². The van der Waals surface area contributed by atoms with Gasteiger partial charge in [0.25, 0.3) is 0 Å². The van der Waals surface area contributed by atoms with Gasteiger partial charge in [-0.05, 0) is 56.6 Å². The molecule has 0 amide bonds. The minimum atomic E-state index is 0.263. The highest BCUT2D eigenvalue weighted by molar-refractivity contribution is 5.19. The Morgan fingerprint density at radius 2 is 1.81 bits per heavy atom. The minimum Gasteiger partial charge on any atom is -0.377 e. The number of hydrogen-bond donors (Lipinski definition) is 2. The van der Waals surface area contributed by atoms with Crippen LogP contribution in [0.4, 0.5) is 0 Å². The van der Waals surface area contributed by atoms with Gasteiger partial charge < -0.3 is 15.8 Å². The number of rotatable bonds is 4. The van der Waals surface area contributed by atoms with Crippen molar-refractivity contribution in [3.8, 4) is 0 Å². The second-order valence-corrected chi connectivity index (χ2v) is 6.58. The second-order valence-electron chi connectivity index (χ2n) is 6.58. The van der Waals surface area contributed by atoms with Gasteiger partial charge in [-0.15, -0.1) is 0 Å². The molecule has 1 aliphatic carbocycles. The summed E-state index contributed by atoms with van der Waals surface area (Å²) in [5.74, 6) is 0.723. The summed E-state index contributed by atoms with van der Waals surface area (Å²) in [5, 5.41) is 3.49. The number of piperidine rings is 1. The first-order chi connectivity index (χ1) is 10.3.